The van der Waals surface area contributed by atoms with Crippen LogP contribution in [0, 0.1) is 12.8 Å². The minimum Gasteiger partial charge on any atom is -0.345 e. The van der Waals surface area contributed by atoms with Crippen molar-refractivity contribution in [2.24, 2.45) is 5.92 Å². The molecule has 3 atom stereocenters. The predicted molar refractivity (Wildman–Crippen MR) is 96.8 cm³/mol. The number of H-pyrrole nitrogens is 1. The van der Waals surface area contributed by atoms with Crippen LogP contribution in [0.3, 0.4) is 0 Å². The molecule has 0 spiro atoms. The zero-order chi connectivity index (χ0) is 17.4. The molecule has 1 aromatic carbocycles. The molecule has 0 aliphatic carbocycles. The van der Waals surface area contributed by atoms with Crippen molar-refractivity contribution >= 4 is 5.91 Å². The first-order valence-corrected chi connectivity index (χ1v) is 9.19. The fraction of sp³-hybridized carbons (Fsp3) is 0.500. The van der Waals surface area contributed by atoms with E-state index in [0.717, 1.165) is 30.9 Å². The molecule has 1 aromatic heterocycles. The number of hydrogen-bond donors (Lipinski definition) is 1. The van der Waals surface area contributed by atoms with E-state index >= 15 is 0 Å². The summed E-state index contributed by atoms with van der Waals surface area (Å²) in [5, 5.41) is 0. The molecule has 0 bridgehead atoms. The van der Waals surface area contributed by atoms with Crippen molar-refractivity contribution in [3.05, 3.63) is 53.6 Å². The number of amides is 1. The van der Waals surface area contributed by atoms with Crippen molar-refractivity contribution < 1.29 is 4.79 Å². The number of carbonyl (C=O) groups excluding carboxylic acids is 1. The zero-order valence-corrected chi connectivity index (χ0v) is 15.0. The van der Waals surface area contributed by atoms with Gasteiger partial charge in [-0.15, -0.1) is 0 Å². The van der Waals surface area contributed by atoms with Crippen LogP contribution in [0.2, 0.25) is 0 Å². The number of aryl methyl sites for hydroxylation is 1. The Kier molecular flexibility index (Phi) is 4.34. The molecule has 2 aliphatic heterocycles. The van der Waals surface area contributed by atoms with Gasteiger partial charge in [-0.05, 0) is 38.3 Å². The number of nitrogens with one attached hydrogen (secondary N) is 1. The average molecular weight is 338 g/mol. The van der Waals surface area contributed by atoms with Crippen molar-refractivity contribution in [1.82, 2.24) is 19.8 Å². The topological polar surface area (TPSA) is 52.2 Å². The summed E-state index contributed by atoms with van der Waals surface area (Å²) >= 11 is 0. The number of rotatable bonds is 4. The fourth-order valence-corrected chi connectivity index (χ4v) is 4.57. The maximum atomic E-state index is 13.1. The third kappa shape index (κ3) is 3.09. The number of benzene rings is 1. The highest BCUT2D eigenvalue weighted by molar-refractivity contribution is 5.80. The molecule has 2 saturated heterocycles. The summed E-state index contributed by atoms with van der Waals surface area (Å²) in [4.78, 5) is 25.1. The highest BCUT2D eigenvalue weighted by Crippen LogP contribution is 2.45. The van der Waals surface area contributed by atoms with Crippen LogP contribution in [-0.4, -0.2) is 45.3 Å². The normalized spacial score (nSPS) is 25.9. The van der Waals surface area contributed by atoms with Crippen LogP contribution in [0.4, 0.5) is 0 Å². The van der Waals surface area contributed by atoms with Gasteiger partial charge in [0.05, 0.1) is 12.5 Å². The Hall–Kier alpha value is -2.14. The minimum absolute atomic E-state index is 0.0914. The predicted octanol–water partition coefficient (Wildman–Crippen LogP) is 2.90. The lowest BCUT2D eigenvalue weighted by atomic mass is 9.93. The third-order valence-electron chi connectivity index (χ3n) is 5.70. The van der Waals surface area contributed by atoms with Crippen LogP contribution in [0.5, 0.6) is 0 Å². The molecule has 5 heteroatoms. The lowest BCUT2D eigenvalue weighted by Gasteiger charge is -2.25. The van der Waals surface area contributed by atoms with Gasteiger partial charge in [0, 0.05) is 31.0 Å². The third-order valence-corrected chi connectivity index (χ3v) is 5.70. The second-order valence-corrected chi connectivity index (χ2v) is 7.42. The van der Waals surface area contributed by atoms with Crippen molar-refractivity contribution in [3.8, 4) is 0 Å². The van der Waals surface area contributed by atoms with Crippen molar-refractivity contribution in [2.45, 2.75) is 44.8 Å². The first-order chi connectivity index (χ1) is 12.1. The van der Waals surface area contributed by atoms with Gasteiger partial charge in [0.15, 0.2) is 0 Å². The number of imidazole rings is 1. The first kappa shape index (κ1) is 16.3. The number of carbonyl (C=O) groups is 1. The monoisotopic (exact) mass is 338 g/mol. The lowest BCUT2D eigenvalue weighted by Crippen LogP contribution is -2.38. The van der Waals surface area contributed by atoms with Gasteiger partial charge in [-0.25, -0.2) is 4.98 Å². The molecule has 2 fully saturated rings. The van der Waals surface area contributed by atoms with Crippen molar-refractivity contribution in [1.29, 1.82) is 0 Å². The van der Waals surface area contributed by atoms with E-state index in [2.05, 4.69) is 45.2 Å². The molecular weight excluding hydrogens is 312 g/mol. The van der Waals surface area contributed by atoms with Crippen LogP contribution in [-0.2, 0) is 11.3 Å². The summed E-state index contributed by atoms with van der Waals surface area (Å²) < 4.78 is 0. The quantitative estimate of drug-likeness (QED) is 0.932. The molecule has 0 unspecified atom stereocenters. The highest BCUT2D eigenvalue weighted by atomic mass is 16.2. The Labute approximate surface area is 149 Å². The maximum absolute atomic E-state index is 13.1. The molecule has 4 rings (SSSR count). The summed E-state index contributed by atoms with van der Waals surface area (Å²) in [5.41, 5.74) is 2.37. The molecule has 0 saturated carbocycles. The van der Waals surface area contributed by atoms with E-state index in [1.165, 1.54) is 12.0 Å². The molecule has 5 nitrogen and oxygen atoms in total. The molecule has 2 aliphatic rings. The minimum atomic E-state index is 0.0914. The Morgan fingerprint density at radius 1 is 1.36 bits per heavy atom. The zero-order valence-electron chi connectivity index (χ0n) is 15.0. The summed E-state index contributed by atoms with van der Waals surface area (Å²) in [6.45, 7) is 3.64. The number of aromatic amines is 1. The molecule has 1 amide bonds. The Bertz CT molecular complexity index is 741. The van der Waals surface area contributed by atoms with Crippen LogP contribution >= 0.6 is 0 Å². The van der Waals surface area contributed by atoms with Crippen molar-refractivity contribution in [3.63, 3.8) is 0 Å². The molecule has 1 N–H and O–H groups in total. The Morgan fingerprint density at radius 3 is 2.88 bits per heavy atom. The highest BCUT2D eigenvalue weighted by Gasteiger charge is 2.47. The average Bonchev–Trinajstić information content (AvgIpc) is 3.31. The Morgan fingerprint density at radius 2 is 2.16 bits per heavy atom. The van der Waals surface area contributed by atoms with Gasteiger partial charge in [0.2, 0.25) is 5.91 Å². The van der Waals surface area contributed by atoms with Crippen LogP contribution in [0.1, 0.15) is 42.4 Å². The summed E-state index contributed by atoms with van der Waals surface area (Å²) in [6.07, 6.45) is 5.06. The Balaban J connectivity index is 1.50. The van der Waals surface area contributed by atoms with Crippen LogP contribution in [0.25, 0.3) is 0 Å². The standard InChI is InChI=1S/C20H26N4O/c1-14-12-21-19(22-14)13-23(2)20(25)16-11-18(15-7-4-3-5-8-15)24-10-6-9-17(16)24/h3-5,7-8,12,16-18H,6,9-11,13H2,1-2H3,(H,21,22)/t16-,17+,18-/m1/s1. The lowest BCUT2D eigenvalue weighted by molar-refractivity contribution is -0.135. The molecule has 0 radical (unpaired) electrons. The summed E-state index contributed by atoms with van der Waals surface area (Å²) in [7, 11) is 1.90. The first-order valence-electron chi connectivity index (χ1n) is 9.19. The fourth-order valence-electron chi connectivity index (χ4n) is 4.57. The molecule has 3 heterocycles. The second-order valence-electron chi connectivity index (χ2n) is 7.42. The van der Waals surface area contributed by atoms with Gasteiger partial charge in [0.1, 0.15) is 5.82 Å². The van der Waals surface area contributed by atoms with E-state index in [0.29, 0.717) is 18.6 Å². The van der Waals surface area contributed by atoms with Gasteiger partial charge in [-0.3, -0.25) is 9.69 Å². The van der Waals surface area contributed by atoms with Gasteiger partial charge >= 0.3 is 0 Å². The van der Waals surface area contributed by atoms with Crippen LogP contribution < -0.4 is 0 Å². The van der Waals surface area contributed by atoms with E-state index in [4.69, 9.17) is 0 Å². The van der Waals surface area contributed by atoms with Gasteiger partial charge in [0.25, 0.3) is 0 Å². The molecule has 132 valence electrons. The smallest absolute Gasteiger partial charge is 0.227 e. The molecular formula is C20H26N4O. The maximum Gasteiger partial charge on any atom is 0.227 e. The van der Waals surface area contributed by atoms with Gasteiger partial charge in [-0.2, -0.15) is 0 Å². The number of fused-ring (bicyclic) bond motifs is 1. The van der Waals surface area contributed by atoms with Gasteiger partial charge in [-0.1, -0.05) is 30.3 Å². The number of nitrogens with zero attached hydrogens (tertiary/aromatic N) is 3. The molecule has 2 aromatic rings. The van der Waals surface area contributed by atoms with Gasteiger partial charge < -0.3 is 9.88 Å². The van der Waals surface area contributed by atoms with E-state index < -0.39 is 0 Å². The largest absolute Gasteiger partial charge is 0.345 e. The molecule has 25 heavy (non-hydrogen) atoms. The SMILES string of the molecule is Cc1cnc(CN(C)C(=O)[C@@H]2C[C@H](c3ccccc3)N3CCC[C@@H]23)[nH]1. The van der Waals surface area contributed by atoms with E-state index in [9.17, 15) is 4.79 Å². The second kappa shape index (κ2) is 6.64. The van der Waals surface area contributed by atoms with Crippen molar-refractivity contribution in [2.75, 3.05) is 13.6 Å². The van der Waals surface area contributed by atoms with E-state index in [-0.39, 0.29) is 11.8 Å². The summed E-state index contributed by atoms with van der Waals surface area (Å²) in [6, 6.07) is 11.4. The van der Waals surface area contributed by atoms with E-state index in [1.54, 1.807) is 0 Å². The van der Waals surface area contributed by atoms with Crippen LogP contribution in [0.15, 0.2) is 36.5 Å². The summed E-state index contributed by atoms with van der Waals surface area (Å²) in [5.74, 6) is 1.20. The van der Waals surface area contributed by atoms with E-state index in [1.807, 2.05) is 25.1 Å². The number of aromatic nitrogens is 2. The number of hydrogen-bond acceptors (Lipinski definition) is 3.